The number of nitrogens with zero attached hydrogens (tertiary/aromatic N) is 2. The van der Waals surface area contributed by atoms with E-state index in [0.717, 1.165) is 60.4 Å². The molecule has 6 nitrogen and oxygen atoms in total. The van der Waals surface area contributed by atoms with Crippen molar-refractivity contribution in [3.63, 3.8) is 0 Å². The standard InChI is InChI=1S/C26H28F2N4O2/c1-33-24-7-6-21-26(32-24)25-18(15-34-23(25)14-31-21)12-22(17-8-10-29-13-17)30-9-2-3-16-11-19(27)4-5-20(16)28/h2-7,11,14,17-18,22,29-30H,8-10,12-13,15H2,1H3/t17-,18?,22?/m0/s1. The molecule has 2 aliphatic heterocycles. The topological polar surface area (TPSA) is 68.3 Å². The van der Waals surface area contributed by atoms with Gasteiger partial charge in [-0.05, 0) is 56.1 Å². The van der Waals surface area contributed by atoms with Crippen LogP contribution in [-0.4, -0.2) is 49.4 Å². The van der Waals surface area contributed by atoms with Gasteiger partial charge in [-0.25, -0.2) is 13.8 Å². The number of benzene rings is 1. The van der Waals surface area contributed by atoms with Crippen molar-refractivity contribution in [1.82, 2.24) is 20.6 Å². The lowest BCUT2D eigenvalue weighted by molar-refractivity contribution is 0.287. The number of fused-ring (bicyclic) bond motifs is 3. The van der Waals surface area contributed by atoms with Crippen LogP contribution < -0.4 is 20.1 Å². The molecule has 3 atom stereocenters. The van der Waals surface area contributed by atoms with Crippen LogP contribution in [0.3, 0.4) is 0 Å². The van der Waals surface area contributed by atoms with Crippen molar-refractivity contribution >= 4 is 17.1 Å². The van der Waals surface area contributed by atoms with Crippen molar-refractivity contribution in [1.29, 1.82) is 0 Å². The Morgan fingerprint density at radius 1 is 1.29 bits per heavy atom. The highest BCUT2D eigenvalue weighted by Gasteiger charge is 2.33. The van der Waals surface area contributed by atoms with E-state index in [1.165, 1.54) is 6.07 Å². The third-order valence-corrected chi connectivity index (χ3v) is 6.71. The Labute approximate surface area is 197 Å². The Kier molecular flexibility index (Phi) is 6.69. The summed E-state index contributed by atoms with van der Waals surface area (Å²) in [5, 5.41) is 7.09. The highest BCUT2D eigenvalue weighted by Crippen LogP contribution is 2.41. The first kappa shape index (κ1) is 22.7. The molecule has 2 N–H and O–H groups in total. The van der Waals surface area contributed by atoms with Crippen molar-refractivity contribution in [2.45, 2.75) is 24.8 Å². The monoisotopic (exact) mass is 466 g/mol. The molecule has 2 aromatic heterocycles. The predicted molar refractivity (Wildman–Crippen MR) is 127 cm³/mol. The zero-order valence-electron chi connectivity index (χ0n) is 19.1. The zero-order chi connectivity index (χ0) is 23.5. The summed E-state index contributed by atoms with van der Waals surface area (Å²) < 4.78 is 38.7. The van der Waals surface area contributed by atoms with E-state index >= 15 is 0 Å². The summed E-state index contributed by atoms with van der Waals surface area (Å²) in [6.07, 6.45) is 7.21. The molecule has 2 aliphatic rings. The van der Waals surface area contributed by atoms with E-state index in [-0.39, 0.29) is 17.5 Å². The van der Waals surface area contributed by atoms with Gasteiger partial charge >= 0.3 is 0 Å². The van der Waals surface area contributed by atoms with Gasteiger partial charge in [0.05, 0.1) is 25.4 Å². The lowest BCUT2D eigenvalue weighted by Crippen LogP contribution is -2.39. The number of pyridine rings is 2. The molecule has 3 aromatic rings. The quantitative estimate of drug-likeness (QED) is 0.522. The predicted octanol–water partition coefficient (Wildman–Crippen LogP) is 4.06. The van der Waals surface area contributed by atoms with Gasteiger partial charge in [-0.3, -0.25) is 4.98 Å². The van der Waals surface area contributed by atoms with Gasteiger partial charge in [0, 0.05) is 35.7 Å². The largest absolute Gasteiger partial charge is 0.491 e. The molecule has 5 rings (SSSR count). The van der Waals surface area contributed by atoms with E-state index in [2.05, 4.69) is 20.6 Å². The van der Waals surface area contributed by atoms with Crippen molar-refractivity contribution in [2.75, 3.05) is 33.4 Å². The van der Waals surface area contributed by atoms with Gasteiger partial charge in [0.2, 0.25) is 5.88 Å². The van der Waals surface area contributed by atoms with Crippen LogP contribution >= 0.6 is 0 Å². The fourth-order valence-corrected chi connectivity index (χ4v) is 4.95. The number of aromatic nitrogens is 2. The molecule has 0 bridgehead atoms. The highest BCUT2D eigenvalue weighted by molar-refractivity contribution is 5.81. The van der Waals surface area contributed by atoms with Gasteiger partial charge in [-0.2, -0.15) is 0 Å². The Morgan fingerprint density at radius 2 is 2.21 bits per heavy atom. The maximum atomic E-state index is 13.9. The second kappa shape index (κ2) is 10.0. The van der Waals surface area contributed by atoms with Crippen molar-refractivity contribution in [3.8, 4) is 11.6 Å². The molecule has 0 saturated carbocycles. The van der Waals surface area contributed by atoms with Crippen LogP contribution in [0.5, 0.6) is 11.6 Å². The van der Waals surface area contributed by atoms with Gasteiger partial charge < -0.3 is 20.1 Å². The van der Waals surface area contributed by atoms with E-state index in [1.54, 1.807) is 19.4 Å². The van der Waals surface area contributed by atoms with E-state index in [1.807, 2.05) is 18.2 Å². The summed E-state index contributed by atoms with van der Waals surface area (Å²) in [6.45, 7) is 3.08. The fourth-order valence-electron chi connectivity index (χ4n) is 4.95. The summed E-state index contributed by atoms with van der Waals surface area (Å²) in [5.41, 5.74) is 2.98. The van der Waals surface area contributed by atoms with E-state index in [9.17, 15) is 8.78 Å². The second-order valence-corrected chi connectivity index (χ2v) is 8.84. The zero-order valence-corrected chi connectivity index (χ0v) is 19.1. The average molecular weight is 467 g/mol. The molecule has 0 spiro atoms. The Morgan fingerprint density at radius 3 is 3.03 bits per heavy atom. The summed E-state index contributed by atoms with van der Waals surface area (Å²) >= 11 is 0. The lowest BCUT2D eigenvalue weighted by atomic mass is 9.86. The molecular formula is C26H28F2N4O2. The minimum absolute atomic E-state index is 0.169. The van der Waals surface area contributed by atoms with Crippen LogP contribution in [0.1, 0.15) is 29.9 Å². The van der Waals surface area contributed by atoms with Crippen LogP contribution in [0, 0.1) is 17.6 Å². The minimum atomic E-state index is -0.448. The van der Waals surface area contributed by atoms with Crippen LogP contribution in [-0.2, 0) is 0 Å². The number of rotatable bonds is 8. The first-order chi connectivity index (χ1) is 16.6. The maximum absolute atomic E-state index is 13.9. The number of methoxy groups -OCH3 is 1. The summed E-state index contributed by atoms with van der Waals surface area (Å²) in [5.74, 6) is 1.09. The molecule has 34 heavy (non-hydrogen) atoms. The van der Waals surface area contributed by atoms with Gasteiger partial charge in [0.1, 0.15) is 22.9 Å². The SMILES string of the molecule is COc1ccc2ncc3c(c2n1)C(CC(NCC=Cc1cc(F)ccc1F)[C@H]1CCNC1)CO3. The average Bonchev–Trinajstić information content (AvgIpc) is 3.53. The van der Waals surface area contributed by atoms with Gasteiger partial charge in [-0.1, -0.05) is 12.2 Å². The minimum Gasteiger partial charge on any atom is -0.491 e. The van der Waals surface area contributed by atoms with Crippen molar-refractivity contribution in [2.24, 2.45) is 5.92 Å². The number of hydrogen-bond donors (Lipinski definition) is 2. The number of halogens is 2. The molecule has 0 aliphatic carbocycles. The summed E-state index contributed by atoms with van der Waals surface area (Å²) in [6, 6.07) is 7.44. The molecule has 0 radical (unpaired) electrons. The lowest BCUT2D eigenvalue weighted by Gasteiger charge is -2.26. The summed E-state index contributed by atoms with van der Waals surface area (Å²) in [7, 11) is 1.61. The normalized spacial score (nSPS) is 20.6. The number of ether oxygens (including phenoxy) is 2. The van der Waals surface area contributed by atoms with Crippen LogP contribution in [0.15, 0.2) is 42.6 Å². The Hall–Kier alpha value is -3.10. The first-order valence-electron chi connectivity index (χ1n) is 11.6. The van der Waals surface area contributed by atoms with Gasteiger partial charge in [0.15, 0.2) is 0 Å². The molecule has 8 heteroatoms. The number of nitrogens with one attached hydrogen (secondary N) is 2. The molecule has 4 heterocycles. The van der Waals surface area contributed by atoms with Crippen LogP contribution in [0.2, 0.25) is 0 Å². The van der Waals surface area contributed by atoms with E-state index in [0.29, 0.717) is 24.9 Å². The van der Waals surface area contributed by atoms with E-state index < -0.39 is 11.6 Å². The second-order valence-electron chi connectivity index (χ2n) is 8.84. The molecule has 0 amide bonds. The smallest absolute Gasteiger partial charge is 0.213 e. The summed E-state index contributed by atoms with van der Waals surface area (Å²) in [4.78, 5) is 9.16. The molecular weight excluding hydrogens is 438 g/mol. The highest BCUT2D eigenvalue weighted by atomic mass is 19.1. The van der Waals surface area contributed by atoms with E-state index in [4.69, 9.17) is 9.47 Å². The Bertz CT molecular complexity index is 1200. The third-order valence-electron chi connectivity index (χ3n) is 6.71. The maximum Gasteiger partial charge on any atom is 0.213 e. The van der Waals surface area contributed by atoms with Crippen molar-refractivity contribution < 1.29 is 18.3 Å². The third kappa shape index (κ3) is 4.74. The first-order valence-corrected chi connectivity index (χ1v) is 11.6. The van der Waals surface area contributed by atoms with Crippen LogP contribution in [0.25, 0.3) is 17.1 Å². The fraction of sp³-hybridized carbons (Fsp3) is 0.385. The number of hydrogen-bond acceptors (Lipinski definition) is 6. The molecule has 1 saturated heterocycles. The molecule has 1 aromatic carbocycles. The van der Waals surface area contributed by atoms with Crippen molar-refractivity contribution in [3.05, 3.63) is 65.4 Å². The van der Waals surface area contributed by atoms with Crippen LogP contribution in [0.4, 0.5) is 8.78 Å². The molecule has 2 unspecified atom stereocenters. The molecule has 178 valence electrons. The molecule has 1 fully saturated rings. The van der Waals surface area contributed by atoms with Gasteiger partial charge in [0.25, 0.3) is 0 Å². The van der Waals surface area contributed by atoms with Gasteiger partial charge in [-0.15, -0.1) is 0 Å². The Balaban J connectivity index is 1.34.